The van der Waals surface area contributed by atoms with Crippen LogP contribution in [0.3, 0.4) is 0 Å². The van der Waals surface area contributed by atoms with Crippen molar-refractivity contribution in [2.75, 3.05) is 5.73 Å². The van der Waals surface area contributed by atoms with E-state index in [4.69, 9.17) is 5.73 Å². The molecule has 0 aliphatic rings. The van der Waals surface area contributed by atoms with Crippen molar-refractivity contribution in [1.82, 2.24) is 4.98 Å². The van der Waals surface area contributed by atoms with E-state index >= 15 is 0 Å². The predicted molar refractivity (Wildman–Crippen MR) is 77.3 cm³/mol. The Morgan fingerprint density at radius 3 is 2.55 bits per heavy atom. The summed E-state index contributed by atoms with van der Waals surface area (Å²) in [5.41, 5.74) is 8.29. The summed E-state index contributed by atoms with van der Waals surface area (Å²) in [6.07, 6.45) is 0. The molecule has 0 amide bonds. The van der Waals surface area contributed by atoms with Crippen LogP contribution >= 0.6 is 11.3 Å². The number of para-hydroxylation sites is 1. The molecule has 0 saturated carbocycles. The van der Waals surface area contributed by atoms with Crippen molar-refractivity contribution in [2.24, 2.45) is 0 Å². The first-order chi connectivity index (χ1) is 9.65. The second kappa shape index (κ2) is 5.02. The molecule has 0 atom stereocenters. The largest absolute Gasteiger partial charge is 0.398 e. The van der Waals surface area contributed by atoms with Gasteiger partial charge in [0.2, 0.25) is 0 Å². The van der Waals surface area contributed by atoms with Crippen LogP contribution < -0.4 is 5.73 Å². The molecule has 0 unspecified atom stereocenters. The van der Waals surface area contributed by atoms with Gasteiger partial charge >= 0.3 is 0 Å². The van der Waals surface area contributed by atoms with Crippen molar-refractivity contribution in [3.63, 3.8) is 0 Å². The summed E-state index contributed by atoms with van der Waals surface area (Å²) in [4.78, 5) is 4.38. The molecule has 100 valence electrons. The minimum Gasteiger partial charge on any atom is -0.398 e. The first-order valence-corrected chi connectivity index (χ1v) is 6.79. The third-order valence-corrected chi connectivity index (χ3v) is 3.78. The quantitative estimate of drug-likeness (QED) is 0.712. The molecule has 0 saturated heterocycles. The van der Waals surface area contributed by atoms with Crippen molar-refractivity contribution in [1.29, 1.82) is 0 Å². The van der Waals surface area contributed by atoms with Gasteiger partial charge in [0.1, 0.15) is 16.6 Å². The minimum atomic E-state index is -0.619. The van der Waals surface area contributed by atoms with Crippen LogP contribution in [0, 0.1) is 11.6 Å². The van der Waals surface area contributed by atoms with E-state index in [0.717, 1.165) is 11.6 Å². The number of hydrogen-bond acceptors (Lipinski definition) is 3. The molecule has 1 heterocycles. The zero-order valence-electron chi connectivity index (χ0n) is 10.3. The number of halogens is 2. The van der Waals surface area contributed by atoms with Crippen LogP contribution in [-0.2, 0) is 0 Å². The first-order valence-electron chi connectivity index (χ1n) is 5.91. The van der Waals surface area contributed by atoms with E-state index in [2.05, 4.69) is 4.98 Å². The number of nitrogens with two attached hydrogens (primary N) is 1. The Morgan fingerprint density at radius 2 is 1.80 bits per heavy atom. The van der Waals surface area contributed by atoms with Gasteiger partial charge in [-0.15, -0.1) is 11.3 Å². The minimum absolute atomic E-state index is 0.289. The number of nitrogens with zero attached hydrogens (tertiary/aromatic N) is 1. The number of aromatic nitrogens is 1. The summed E-state index contributed by atoms with van der Waals surface area (Å²) in [6, 6.07) is 10.8. The lowest BCUT2D eigenvalue weighted by atomic mass is 10.1. The molecule has 3 aromatic rings. The van der Waals surface area contributed by atoms with E-state index in [1.807, 2.05) is 23.6 Å². The molecule has 0 bridgehead atoms. The van der Waals surface area contributed by atoms with Gasteiger partial charge in [0.05, 0.1) is 5.69 Å². The fraction of sp³-hybridized carbons (Fsp3) is 0. The van der Waals surface area contributed by atoms with Gasteiger partial charge in [-0.2, -0.15) is 0 Å². The Balaban J connectivity index is 2.04. The zero-order chi connectivity index (χ0) is 14.1. The molecule has 0 fully saturated rings. The molecule has 0 aliphatic carbocycles. The number of nitrogen functional groups attached to an aromatic ring is 1. The number of thiazole rings is 1. The monoisotopic (exact) mass is 288 g/mol. The number of benzene rings is 2. The van der Waals surface area contributed by atoms with Crippen LogP contribution in [0.15, 0.2) is 47.8 Å². The Labute approximate surface area is 118 Å². The zero-order valence-corrected chi connectivity index (χ0v) is 11.1. The predicted octanol–water partition coefficient (Wildman–Crippen LogP) is 4.34. The molecule has 3 rings (SSSR count). The van der Waals surface area contributed by atoms with Crippen molar-refractivity contribution in [2.45, 2.75) is 0 Å². The smallest absolute Gasteiger partial charge is 0.136 e. The van der Waals surface area contributed by atoms with Gasteiger partial charge in [0.15, 0.2) is 0 Å². The van der Waals surface area contributed by atoms with E-state index in [0.29, 0.717) is 16.4 Å². The maximum Gasteiger partial charge on any atom is 0.136 e. The van der Waals surface area contributed by atoms with Crippen molar-refractivity contribution in [3.05, 3.63) is 59.5 Å². The lowest BCUT2D eigenvalue weighted by molar-refractivity contribution is 0.585. The number of hydrogen-bond donors (Lipinski definition) is 1. The fourth-order valence-electron chi connectivity index (χ4n) is 1.91. The maximum absolute atomic E-state index is 13.7. The van der Waals surface area contributed by atoms with Gasteiger partial charge < -0.3 is 5.73 Å². The Hall–Kier alpha value is -2.27. The summed E-state index contributed by atoms with van der Waals surface area (Å²) in [5, 5.41) is 2.31. The van der Waals surface area contributed by atoms with Gasteiger partial charge in [-0.3, -0.25) is 0 Å². The average molecular weight is 288 g/mol. The molecule has 0 aliphatic heterocycles. The summed E-state index contributed by atoms with van der Waals surface area (Å²) in [7, 11) is 0. The highest BCUT2D eigenvalue weighted by molar-refractivity contribution is 7.13. The molecular weight excluding hydrogens is 278 g/mol. The maximum atomic E-state index is 13.7. The Morgan fingerprint density at radius 1 is 1.00 bits per heavy atom. The summed E-state index contributed by atoms with van der Waals surface area (Å²) < 4.78 is 26.6. The van der Waals surface area contributed by atoms with Gasteiger partial charge in [0.25, 0.3) is 0 Å². The molecule has 2 nitrogen and oxygen atoms in total. The van der Waals surface area contributed by atoms with E-state index < -0.39 is 11.6 Å². The molecule has 2 N–H and O–H groups in total. The summed E-state index contributed by atoms with van der Waals surface area (Å²) in [6.45, 7) is 0. The molecular formula is C15H10F2N2S. The molecule has 0 spiro atoms. The normalized spacial score (nSPS) is 10.7. The molecule has 20 heavy (non-hydrogen) atoms. The highest BCUT2D eigenvalue weighted by Gasteiger charge is 2.12. The highest BCUT2D eigenvalue weighted by atomic mass is 32.1. The van der Waals surface area contributed by atoms with E-state index in [9.17, 15) is 8.78 Å². The Bertz CT molecular complexity index is 768. The van der Waals surface area contributed by atoms with Crippen LogP contribution in [0.4, 0.5) is 14.5 Å². The molecule has 5 heteroatoms. The topological polar surface area (TPSA) is 38.9 Å². The van der Waals surface area contributed by atoms with Crippen LogP contribution in [0.25, 0.3) is 21.8 Å². The van der Waals surface area contributed by atoms with E-state index in [1.165, 1.54) is 23.5 Å². The molecule has 0 radical (unpaired) electrons. The number of anilines is 1. The second-order valence-corrected chi connectivity index (χ2v) is 5.11. The van der Waals surface area contributed by atoms with Crippen molar-refractivity contribution in [3.8, 4) is 21.8 Å². The lowest BCUT2D eigenvalue weighted by Crippen LogP contribution is -1.90. The van der Waals surface area contributed by atoms with Crippen LogP contribution in [0.1, 0.15) is 0 Å². The SMILES string of the molecule is Nc1ccccc1-c1csc(-c2ccc(F)cc2F)n1. The van der Waals surface area contributed by atoms with Crippen LogP contribution in [0.5, 0.6) is 0 Å². The lowest BCUT2D eigenvalue weighted by Gasteiger charge is -2.01. The first kappa shape index (κ1) is 12.7. The number of rotatable bonds is 2. The van der Waals surface area contributed by atoms with Crippen LogP contribution in [0.2, 0.25) is 0 Å². The molecule has 2 aromatic carbocycles. The van der Waals surface area contributed by atoms with Gasteiger partial charge in [0, 0.05) is 28.3 Å². The highest BCUT2D eigenvalue weighted by Crippen LogP contribution is 2.32. The third-order valence-electron chi connectivity index (χ3n) is 2.90. The third kappa shape index (κ3) is 2.28. The van der Waals surface area contributed by atoms with Crippen LogP contribution in [-0.4, -0.2) is 4.98 Å². The fourth-order valence-corrected chi connectivity index (χ4v) is 2.76. The standard InChI is InChI=1S/C15H10F2N2S/c16-9-5-6-10(12(17)7-9)15-19-14(8-20-15)11-3-1-2-4-13(11)18/h1-8H,18H2. The van der Waals surface area contributed by atoms with E-state index in [-0.39, 0.29) is 5.56 Å². The summed E-state index contributed by atoms with van der Waals surface area (Å²) in [5.74, 6) is -1.22. The Kier molecular flexibility index (Phi) is 3.20. The van der Waals surface area contributed by atoms with Gasteiger partial charge in [-0.1, -0.05) is 18.2 Å². The average Bonchev–Trinajstić information content (AvgIpc) is 2.88. The van der Waals surface area contributed by atoms with Crippen molar-refractivity contribution < 1.29 is 8.78 Å². The van der Waals surface area contributed by atoms with Gasteiger partial charge in [-0.25, -0.2) is 13.8 Å². The second-order valence-electron chi connectivity index (χ2n) is 4.25. The van der Waals surface area contributed by atoms with Gasteiger partial charge in [-0.05, 0) is 18.2 Å². The molecule has 1 aromatic heterocycles. The summed E-state index contributed by atoms with van der Waals surface area (Å²) >= 11 is 1.30. The van der Waals surface area contributed by atoms with E-state index in [1.54, 1.807) is 6.07 Å². The van der Waals surface area contributed by atoms with Crippen molar-refractivity contribution >= 4 is 17.0 Å².